The van der Waals surface area contributed by atoms with Gasteiger partial charge in [-0.2, -0.15) is 0 Å². The summed E-state index contributed by atoms with van der Waals surface area (Å²) in [6.45, 7) is 9.13. The molecule has 0 aliphatic rings. The van der Waals surface area contributed by atoms with Gasteiger partial charge in [-0.1, -0.05) is 13.8 Å². The van der Waals surface area contributed by atoms with Crippen molar-refractivity contribution in [2.45, 2.75) is 32.9 Å². The van der Waals surface area contributed by atoms with Crippen molar-refractivity contribution in [2.24, 2.45) is 0 Å². The average Bonchev–Trinajstić information content (AvgIpc) is 2.00. The molecule has 0 saturated heterocycles. The first kappa shape index (κ1) is 12.9. The van der Waals surface area contributed by atoms with Crippen molar-refractivity contribution in [3.8, 4) is 0 Å². The summed E-state index contributed by atoms with van der Waals surface area (Å²) in [4.78, 5) is 2.13. The highest BCUT2D eigenvalue weighted by Gasteiger charge is 2.02. The lowest BCUT2D eigenvalue weighted by Crippen LogP contribution is -2.33. The predicted molar refractivity (Wildman–Crippen MR) is 57.1 cm³/mol. The van der Waals surface area contributed by atoms with Gasteiger partial charge in [-0.15, -0.1) is 0 Å². The van der Waals surface area contributed by atoms with Gasteiger partial charge in [0.2, 0.25) is 0 Å². The van der Waals surface area contributed by atoms with Crippen molar-refractivity contribution < 1.29 is 4.74 Å². The number of hydrogen-bond acceptors (Lipinski definition) is 3. The van der Waals surface area contributed by atoms with Crippen molar-refractivity contribution >= 4 is 0 Å². The summed E-state index contributed by atoms with van der Waals surface area (Å²) < 4.78 is 5.60. The lowest BCUT2D eigenvalue weighted by molar-refractivity contribution is 0.0549. The fourth-order valence-electron chi connectivity index (χ4n) is 0.897. The maximum atomic E-state index is 5.60. The van der Waals surface area contributed by atoms with Crippen LogP contribution in [0.3, 0.4) is 0 Å². The second kappa shape index (κ2) is 7.30. The smallest absolute Gasteiger partial charge is 0.0672 e. The van der Waals surface area contributed by atoms with E-state index in [0.717, 1.165) is 19.7 Å². The summed E-state index contributed by atoms with van der Waals surface area (Å²) in [5.41, 5.74) is 0. The molecule has 0 heterocycles. The fourth-order valence-corrected chi connectivity index (χ4v) is 0.897. The van der Waals surface area contributed by atoms with Gasteiger partial charge in [0.15, 0.2) is 0 Å². The Kier molecular flexibility index (Phi) is 7.23. The van der Waals surface area contributed by atoms with Gasteiger partial charge in [-0.25, -0.2) is 0 Å². The van der Waals surface area contributed by atoms with Gasteiger partial charge in [0.1, 0.15) is 0 Å². The molecule has 1 unspecified atom stereocenters. The van der Waals surface area contributed by atoms with Crippen LogP contribution in [-0.2, 0) is 4.74 Å². The van der Waals surface area contributed by atoms with Crippen LogP contribution < -0.4 is 5.32 Å². The quantitative estimate of drug-likeness (QED) is 0.644. The first-order chi connectivity index (χ1) is 6.02. The predicted octanol–water partition coefficient (Wildman–Crippen LogP) is 0.951. The maximum Gasteiger partial charge on any atom is 0.0672 e. The largest absolute Gasteiger partial charge is 0.376 e. The Morgan fingerprint density at radius 3 is 2.31 bits per heavy atom. The van der Waals surface area contributed by atoms with Gasteiger partial charge in [-0.3, -0.25) is 0 Å². The van der Waals surface area contributed by atoms with E-state index in [2.05, 4.69) is 45.1 Å². The fraction of sp³-hybridized carbons (Fsp3) is 1.00. The molecule has 0 aliphatic carbocycles. The molecule has 1 N–H and O–H groups in total. The minimum Gasteiger partial charge on any atom is -0.376 e. The Labute approximate surface area is 82.4 Å². The lowest BCUT2D eigenvalue weighted by Gasteiger charge is -2.17. The number of hydrogen-bond donors (Lipinski definition) is 1. The minimum atomic E-state index is 0.308. The monoisotopic (exact) mass is 188 g/mol. The van der Waals surface area contributed by atoms with Gasteiger partial charge in [-0.05, 0) is 21.0 Å². The van der Waals surface area contributed by atoms with Gasteiger partial charge in [0, 0.05) is 19.1 Å². The van der Waals surface area contributed by atoms with Crippen LogP contribution in [0.4, 0.5) is 0 Å². The molecule has 0 spiro atoms. The summed E-state index contributed by atoms with van der Waals surface area (Å²) in [7, 11) is 4.11. The first-order valence-corrected chi connectivity index (χ1v) is 5.02. The Bertz CT molecular complexity index is 115. The van der Waals surface area contributed by atoms with Crippen molar-refractivity contribution in [1.29, 1.82) is 0 Å². The minimum absolute atomic E-state index is 0.308. The summed E-state index contributed by atoms with van der Waals surface area (Å²) >= 11 is 0. The maximum absolute atomic E-state index is 5.60. The van der Waals surface area contributed by atoms with E-state index in [1.54, 1.807) is 0 Å². The van der Waals surface area contributed by atoms with Crippen molar-refractivity contribution in [1.82, 2.24) is 10.2 Å². The molecule has 0 aliphatic heterocycles. The number of ether oxygens (including phenoxy) is 1. The normalized spacial score (nSPS) is 14.1. The van der Waals surface area contributed by atoms with Crippen LogP contribution >= 0.6 is 0 Å². The highest BCUT2D eigenvalue weighted by atomic mass is 16.5. The molecular formula is C10H24N2O. The molecule has 1 atom stereocenters. The molecule has 0 aromatic rings. The van der Waals surface area contributed by atoms with E-state index in [9.17, 15) is 0 Å². The van der Waals surface area contributed by atoms with Crippen LogP contribution in [0.15, 0.2) is 0 Å². The average molecular weight is 188 g/mol. The molecule has 13 heavy (non-hydrogen) atoms. The molecule has 0 rings (SSSR count). The summed E-state index contributed by atoms with van der Waals surface area (Å²) in [5.74, 6) is 0. The zero-order valence-corrected chi connectivity index (χ0v) is 9.63. The second-order valence-corrected chi connectivity index (χ2v) is 4.05. The molecule has 3 nitrogen and oxygen atoms in total. The van der Waals surface area contributed by atoms with Gasteiger partial charge < -0.3 is 15.0 Å². The third kappa shape index (κ3) is 9.80. The van der Waals surface area contributed by atoms with Crippen LogP contribution in [0.25, 0.3) is 0 Å². The zero-order chi connectivity index (χ0) is 10.3. The summed E-state index contributed by atoms with van der Waals surface area (Å²) in [5, 5.41) is 3.34. The zero-order valence-electron chi connectivity index (χ0n) is 9.63. The molecule has 0 saturated carbocycles. The molecular weight excluding hydrogens is 164 g/mol. The van der Waals surface area contributed by atoms with E-state index in [4.69, 9.17) is 4.74 Å². The van der Waals surface area contributed by atoms with Gasteiger partial charge >= 0.3 is 0 Å². The van der Waals surface area contributed by atoms with E-state index in [-0.39, 0.29) is 0 Å². The summed E-state index contributed by atoms with van der Waals surface area (Å²) in [6, 6.07) is 0.542. The van der Waals surface area contributed by atoms with E-state index in [1.165, 1.54) is 0 Å². The standard InChI is InChI=1S/C10H24N2O/c1-9(2)11-8-10(3)13-7-6-12(4)5/h9-11H,6-8H2,1-5H3. The van der Waals surface area contributed by atoms with E-state index in [0.29, 0.717) is 12.1 Å². The first-order valence-electron chi connectivity index (χ1n) is 5.02. The van der Waals surface area contributed by atoms with Crippen LogP contribution in [0.5, 0.6) is 0 Å². The Morgan fingerprint density at radius 2 is 1.85 bits per heavy atom. The number of nitrogens with one attached hydrogen (secondary N) is 1. The van der Waals surface area contributed by atoms with E-state index in [1.807, 2.05) is 0 Å². The van der Waals surface area contributed by atoms with E-state index < -0.39 is 0 Å². The van der Waals surface area contributed by atoms with Crippen LogP contribution in [-0.4, -0.2) is 50.8 Å². The molecule has 0 aromatic carbocycles. The number of likely N-dealkylation sites (N-methyl/N-ethyl adjacent to an activating group) is 1. The molecule has 3 heteroatoms. The van der Waals surface area contributed by atoms with Gasteiger partial charge in [0.25, 0.3) is 0 Å². The third-order valence-corrected chi connectivity index (χ3v) is 1.75. The molecule has 0 fully saturated rings. The molecule has 0 bridgehead atoms. The van der Waals surface area contributed by atoms with Crippen molar-refractivity contribution in [3.05, 3.63) is 0 Å². The van der Waals surface area contributed by atoms with E-state index >= 15 is 0 Å². The SMILES string of the molecule is CC(C)NCC(C)OCCN(C)C. The molecule has 80 valence electrons. The summed E-state index contributed by atoms with van der Waals surface area (Å²) in [6.07, 6.45) is 0.308. The molecule has 0 aromatic heterocycles. The highest BCUT2D eigenvalue weighted by Crippen LogP contribution is 1.90. The van der Waals surface area contributed by atoms with Crippen molar-refractivity contribution in [3.63, 3.8) is 0 Å². The van der Waals surface area contributed by atoms with Crippen LogP contribution in [0.1, 0.15) is 20.8 Å². The topological polar surface area (TPSA) is 24.5 Å². The number of rotatable bonds is 7. The van der Waals surface area contributed by atoms with Crippen LogP contribution in [0, 0.1) is 0 Å². The second-order valence-electron chi connectivity index (χ2n) is 4.05. The highest BCUT2D eigenvalue weighted by molar-refractivity contribution is 4.58. The van der Waals surface area contributed by atoms with Gasteiger partial charge in [0.05, 0.1) is 12.7 Å². The third-order valence-electron chi connectivity index (χ3n) is 1.75. The Hall–Kier alpha value is -0.120. The van der Waals surface area contributed by atoms with Crippen molar-refractivity contribution in [2.75, 3.05) is 33.8 Å². The Balaban J connectivity index is 3.25. The molecule has 0 amide bonds. The number of nitrogens with zero attached hydrogens (tertiary/aromatic N) is 1. The molecule has 0 radical (unpaired) electrons. The van der Waals surface area contributed by atoms with Crippen LogP contribution in [0.2, 0.25) is 0 Å². The lowest BCUT2D eigenvalue weighted by atomic mass is 10.3. The Morgan fingerprint density at radius 1 is 1.23 bits per heavy atom.